The van der Waals surface area contributed by atoms with E-state index in [0.29, 0.717) is 5.56 Å². The molecule has 72 valence electrons. The van der Waals surface area contributed by atoms with Crippen molar-refractivity contribution in [2.75, 3.05) is 0 Å². The first-order valence-electron chi connectivity index (χ1n) is 4.50. The number of ketones is 1. The molecule has 1 fully saturated rings. The van der Waals surface area contributed by atoms with Gasteiger partial charge in [0, 0.05) is 5.56 Å². The van der Waals surface area contributed by atoms with Crippen LogP contribution in [0.3, 0.4) is 0 Å². The van der Waals surface area contributed by atoms with Crippen molar-refractivity contribution in [3.63, 3.8) is 0 Å². The molecule has 0 spiro atoms. The Morgan fingerprint density at radius 3 is 2.43 bits per heavy atom. The molecule has 0 bridgehead atoms. The van der Waals surface area contributed by atoms with Gasteiger partial charge >= 0.3 is 5.97 Å². The summed E-state index contributed by atoms with van der Waals surface area (Å²) in [5, 5.41) is 0. The summed E-state index contributed by atoms with van der Waals surface area (Å²) < 4.78 is 4.73. The maximum atomic E-state index is 11.7. The smallest absolute Gasteiger partial charge is 0.321 e. The molecule has 0 amide bonds. The Bertz CT molecular complexity index is 369. The largest absolute Gasteiger partial charge is 0.461 e. The second kappa shape index (κ2) is 3.25. The number of benzene rings is 1. The molecular weight excluding hydrogens is 180 g/mol. The third-order valence-electron chi connectivity index (χ3n) is 2.37. The number of rotatable bonds is 2. The topological polar surface area (TPSA) is 43.4 Å². The number of carbonyl (C=O) groups is 2. The lowest BCUT2D eigenvalue weighted by atomic mass is 9.89. The first-order chi connectivity index (χ1) is 6.70. The zero-order chi connectivity index (χ0) is 10.1. The molecule has 1 aromatic rings. The van der Waals surface area contributed by atoms with Crippen LogP contribution in [0.15, 0.2) is 30.3 Å². The van der Waals surface area contributed by atoms with E-state index in [1.807, 2.05) is 6.07 Å². The van der Waals surface area contributed by atoms with Crippen LogP contribution in [0.5, 0.6) is 0 Å². The van der Waals surface area contributed by atoms with Gasteiger partial charge in [0.1, 0.15) is 6.10 Å². The molecule has 0 saturated carbocycles. The summed E-state index contributed by atoms with van der Waals surface area (Å²) in [6.07, 6.45) is -0.282. The van der Waals surface area contributed by atoms with Crippen molar-refractivity contribution in [2.24, 2.45) is 5.92 Å². The van der Waals surface area contributed by atoms with Gasteiger partial charge in [0.05, 0.1) is 0 Å². The standard InChI is InChI=1S/C11H10O3/c1-7-9(11(13)14-7)10(12)8-5-3-2-4-6-8/h2-7,9H,1H3/t7-,9+/m0/s1. The van der Waals surface area contributed by atoms with Crippen LogP contribution in [0.4, 0.5) is 0 Å². The molecule has 0 radical (unpaired) electrons. The van der Waals surface area contributed by atoms with E-state index in [9.17, 15) is 9.59 Å². The average molecular weight is 190 g/mol. The van der Waals surface area contributed by atoms with Crippen LogP contribution in [0, 0.1) is 5.92 Å². The lowest BCUT2D eigenvalue weighted by Gasteiger charge is -2.31. The van der Waals surface area contributed by atoms with Crippen molar-refractivity contribution < 1.29 is 14.3 Å². The minimum atomic E-state index is -0.600. The second-order valence-electron chi connectivity index (χ2n) is 3.35. The highest BCUT2D eigenvalue weighted by Crippen LogP contribution is 2.25. The quantitative estimate of drug-likeness (QED) is 0.402. The summed E-state index contributed by atoms with van der Waals surface area (Å²) in [4.78, 5) is 22.8. The van der Waals surface area contributed by atoms with Gasteiger partial charge in [-0.15, -0.1) is 0 Å². The van der Waals surface area contributed by atoms with Crippen molar-refractivity contribution >= 4 is 11.8 Å². The zero-order valence-electron chi connectivity index (χ0n) is 7.77. The van der Waals surface area contributed by atoms with Crippen molar-refractivity contribution in [1.82, 2.24) is 0 Å². The number of cyclic esters (lactones) is 1. The Hall–Kier alpha value is -1.64. The van der Waals surface area contributed by atoms with E-state index in [4.69, 9.17) is 4.74 Å². The molecule has 0 aromatic heterocycles. The van der Waals surface area contributed by atoms with Crippen LogP contribution in [0.1, 0.15) is 17.3 Å². The maximum Gasteiger partial charge on any atom is 0.321 e. The number of esters is 1. The highest BCUT2D eigenvalue weighted by molar-refractivity contribution is 6.11. The molecular formula is C11H10O3. The molecule has 14 heavy (non-hydrogen) atoms. The lowest BCUT2D eigenvalue weighted by Crippen LogP contribution is -2.47. The molecule has 3 nitrogen and oxygen atoms in total. The Labute approximate surface area is 81.7 Å². The summed E-state index contributed by atoms with van der Waals surface area (Å²) in [6, 6.07) is 8.81. The molecule has 1 aliphatic rings. The summed E-state index contributed by atoms with van der Waals surface area (Å²) in [7, 11) is 0. The summed E-state index contributed by atoms with van der Waals surface area (Å²) in [6.45, 7) is 1.73. The molecule has 1 aromatic carbocycles. The minimum Gasteiger partial charge on any atom is -0.461 e. The molecule has 1 saturated heterocycles. The normalized spacial score (nSPS) is 25.1. The Morgan fingerprint density at radius 2 is 1.93 bits per heavy atom. The first-order valence-corrected chi connectivity index (χ1v) is 4.50. The average Bonchev–Trinajstić information content (AvgIpc) is 2.18. The van der Waals surface area contributed by atoms with E-state index in [-0.39, 0.29) is 11.9 Å². The monoisotopic (exact) mass is 190 g/mol. The summed E-state index contributed by atoms with van der Waals surface area (Å²) in [5.41, 5.74) is 0.570. The molecule has 3 heteroatoms. The van der Waals surface area contributed by atoms with E-state index in [0.717, 1.165) is 0 Å². The van der Waals surface area contributed by atoms with Crippen LogP contribution in [-0.4, -0.2) is 17.9 Å². The third kappa shape index (κ3) is 1.31. The van der Waals surface area contributed by atoms with Gasteiger partial charge in [-0.05, 0) is 6.92 Å². The van der Waals surface area contributed by atoms with Gasteiger partial charge in [0.2, 0.25) is 0 Å². The number of hydrogen-bond donors (Lipinski definition) is 0. The van der Waals surface area contributed by atoms with Gasteiger partial charge in [0.25, 0.3) is 0 Å². The maximum absolute atomic E-state index is 11.7. The van der Waals surface area contributed by atoms with Crippen LogP contribution >= 0.6 is 0 Å². The minimum absolute atomic E-state index is 0.144. The fourth-order valence-corrected chi connectivity index (χ4v) is 1.55. The highest BCUT2D eigenvalue weighted by Gasteiger charge is 2.44. The SMILES string of the molecule is C[C@@H]1OC(=O)[C@H]1C(=O)c1ccccc1. The zero-order valence-corrected chi connectivity index (χ0v) is 7.77. The Balaban J connectivity index is 2.21. The van der Waals surface area contributed by atoms with Crippen molar-refractivity contribution in [3.8, 4) is 0 Å². The van der Waals surface area contributed by atoms with Gasteiger partial charge in [0.15, 0.2) is 11.7 Å². The van der Waals surface area contributed by atoms with Crippen LogP contribution in [0.25, 0.3) is 0 Å². The molecule has 0 unspecified atom stereocenters. The fraction of sp³-hybridized carbons (Fsp3) is 0.273. The van der Waals surface area contributed by atoms with Crippen LogP contribution < -0.4 is 0 Å². The summed E-state index contributed by atoms with van der Waals surface area (Å²) in [5.74, 6) is -1.15. The number of ether oxygens (including phenoxy) is 1. The van der Waals surface area contributed by atoms with Crippen molar-refractivity contribution in [2.45, 2.75) is 13.0 Å². The molecule has 2 rings (SSSR count). The van der Waals surface area contributed by atoms with Gasteiger partial charge in [-0.25, -0.2) is 0 Å². The van der Waals surface area contributed by atoms with E-state index in [1.54, 1.807) is 31.2 Å². The molecule has 0 N–H and O–H groups in total. The van der Waals surface area contributed by atoms with Gasteiger partial charge in [-0.3, -0.25) is 9.59 Å². The van der Waals surface area contributed by atoms with Crippen molar-refractivity contribution in [1.29, 1.82) is 0 Å². The van der Waals surface area contributed by atoms with Gasteiger partial charge in [-0.2, -0.15) is 0 Å². The fourth-order valence-electron chi connectivity index (χ4n) is 1.55. The third-order valence-corrected chi connectivity index (χ3v) is 2.37. The summed E-state index contributed by atoms with van der Waals surface area (Å²) >= 11 is 0. The molecule has 0 aliphatic carbocycles. The first kappa shape index (κ1) is 8.94. The highest BCUT2D eigenvalue weighted by atomic mass is 16.6. The number of carbonyl (C=O) groups excluding carboxylic acids is 2. The molecule has 1 aliphatic heterocycles. The van der Waals surface area contributed by atoms with E-state index in [1.165, 1.54) is 0 Å². The predicted octanol–water partition coefficient (Wildman–Crippen LogP) is 1.43. The number of hydrogen-bond acceptors (Lipinski definition) is 3. The van der Waals surface area contributed by atoms with Crippen LogP contribution in [0.2, 0.25) is 0 Å². The lowest BCUT2D eigenvalue weighted by molar-refractivity contribution is -0.176. The van der Waals surface area contributed by atoms with Crippen molar-refractivity contribution in [3.05, 3.63) is 35.9 Å². The van der Waals surface area contributed by atoms with Crippen LogP contribution in [-0.2, 0) is 9.53 Å². The van der Waals surface area contributed by atoms with E-state index < -0.39 is 11.9 Å². The van der Waals surface area contributed by atoms with Gasteiger partial charge in [-0.1, -0.05) is 30.3 Å². The van der Waals surface area contributed by atoms with E-state index in [2.05, 4.69) is 0 Å². The van der Waals surface area contributed by atoms with Gasteiger partial charge < -0.3 is 4.74 Å². The number of Topliss-reactive ketones (excluding diaryl/α,β-unsaturated/α-hetero) is 1. The Morgan fingerprint density at radius 1 is 1.29 bits per heavy atom. The molecule has 1 heterocycles. The van der Waals surface area contributed by atoms with E-state index >= 15 is 0 Å². The second-order valence-corrected chi connectivity index (χ2v) is 3.35. The molecule has 2 atom stereocenters. The Kier molecular flexibility index (Phi) is 2.08. The predicted molar refractivity (Wildman–Crippen MR) is 49.8 cm³/mol.